The number of carbonyl (C=O) groups is 3. The molecule has 0 aromatic heterocycles. The highest BCUT2D eigenvalue weighted by atomic mass is 16.4. The van der Waals surface area contributed by atoms with Gasteiger partial charge in [-0.15, -0.1) is 0 Å². The number of hydrogen-bond acceptors (Lipinski definition) is 4. The first-order chi connectivity index (χ1) is 9.40. The summed E-state index contributed by atoms with van der Waals surface area (Å²) < 4.78 is 0. The maximum Gasteiger partial charge on any atom is 0.332 e. The molecule has 0 saturated carbocycles. The smallest absolute Gasteiger partial charge is 0.332 e. The molecule has 0 saturated heterocycles. The van der Waals surface area contributed by atoms with Crippen molar-refractivity contribution in [1.29, 1.82) is 0 Å². The Morgan fingerprint density at radius 3 is 2.30 bits per heavy atom. The van der Waals surface area contributed by atoms with Gasteiger partial charge < -0.3 is 20.8 Å². The standard InChI is InChI=1S/C13H16N2O5/c1-8(16)15-10-4-2-9(3-5-10)12(18)14-7-6-11(17)13(19)20/h2-5,11,17H,6-7H2,1H3,(H,14,18)(H,15,16)(H,19,20)/t11-/m0/s1. The largest absolute Gasteiger partial charge is 0.479 e. The zero-order valence-corrected chi connectivity index (χ0v) is 10.9. The quantitative estimate of drug-likeness (QED) is 0.594. The summed E-state index contributed by atoms with van der Waals surface area (Å²) in [6, 6.07) is 6.24. The van der Waals surface area contributed by atoms with E-state index in [9.17, 15) is 14.4 Å². The number of anilines is 1. The van der Waals surface area contributed by atoms with Crippen LogP contribution in [-0.4, -0.2) is 40.6 Å². The minimum atomic E-state index is -1.49. The molecule has 0 aliphatic rings. The first-order valence-electron chi connectivity index (χ1n) is 5.97. The van der Waals surface area contributed by atoms with Crippen molar-refractivity contribution < 1.29 is 24.6 Å². The third-order valence-corrected chi connectivity index (χ3v) is 2.46. The topological polar surface area (TPSA) is 116 Å². The molecule has 4 N–H and O–H groups in total. The van der Waals surface area contributed by atoms with Crippen molar-refractivity contribution in [3.8, 4) is 0 Å². The summed E-state index contributed by atoms with van der Waals surface area (Å²) in [6.45, 7) is 1.44. The summed E-state index contributed by atoms with van der Waals surface area (Å²) in [4.78, 5) is 32.9. The lowest BCUT2D eigenvalue weighted by Crippen LogP contribution is -2.30. The predicted octanol–water partition coefficient (Wildman–Crippen LogP) is 0.210. The fourth-order valence-corrected chi connectivity index (χ4v) is 1.46. The summed E-state index contributed by atoms with van der Waals surface area (Å²) in [7, 11) is 0. The van der Waals surface area contributed by atoms with Gasteiger partial charge in [-0.2, -0.15) is 0 Å². The lowest BCUT2D eigenvalue weighted by Gasteiger charge is -2.08. The highest BCUT2D eigenvalue weighted by Crippen LogP contribution is 2.09. The molecule has 0 heterocycles. The van der Waals surface area contributed by atoms with Gasteiger partial charge in [0.1, 0.15) is 0 Å². The molecule has 108 valence electrons. The van der Waals surface area contributed by atoms with Gasteiger partial charge in [-0.3, -0.25) is 9.59 Å². The van der Waals surface area contributed by atoms with E-state index < -0.39 is 12.1 Å². The van der Waals surface area contributed by atoms with Crippen molar-refractivity contribution in [2.24, 2.45) is 0 Å². The number of amides is 2. The van der Waals surface area contributed by atoms with Gasteiger partial charge in [0.25, 0.3) is 5.91 Å². The van der Waals surface area contributed by atoms with Gasteiger partial charge in [-0.05, 0) is 24.3 Å². The molecule has 20 heavy (non-hydrogen) atoms. The number of benzene rings is 1. The summed E-state index contributed by atoms with van der Waals surface area (Å²) >= 11 is 0. The second-order valence-corrected chi connectivity index (χ2v) is 4.16. The molecule has 1 aromatic carbocycles. The molecule has 2 amide bonds. The van der Waals surface area contributed by atoms with E-state index in [-0.39, 0.29) is 24.8 Å². The number of rotatable bonds is 6. The fourth-order valence-electron chi connectivity index (χ4n) is 1.46. The van der Waals surface area contributed by atoms with Gasteiger partial charge in [0.2, 0.25) is 5.91 Å². The van der Waals surface area contributed by atoms with E-state index in [1.54, 1.807) is 12.1 Å². The number of hydrogen-bond donors (Lipinski definition) is 4. The molecule has 0 aliphatic heterocycles. The third kappa shape index (κ3) is 5.07. The molecule has 7 heteroatoms. The van der Waals surface area contributed by atoms with Crippen molar-refractivity contribution in [2.45, 2.75) is 19.4 Å². The Labute approximate surface area is 115 Å². The predicted molar refractivity (Wildman–Crippen MR) is 71.3 cm³/mol. The summed E-state index contributed by atoms with van der Waals surface area (Å²) in [5, 5.41) is 22.6. The minimum absolute atomic E-state index is 0.0553. The molecule has 0 unspecified atom stereocenters. The molecular weight excluding hydrogens is 264 g/mol. The van der Waals surface area contributed by atoms with E-state index in [0.717, 1.165) is 0 Å². The number of nitrogens with one attached hydrogen (secondary N) is 2. The van der Waals surface area contributed by atoms with Gasteiger partial charge in [-0.25, -0.2) is 4.79 Å². The van der Waals surface area contributed by atoms with Crippen LogP contribution in [0.5, 0.6) is 0 Å². The molecule has 1 rings (SSSR count). The van der Waals surface area contributed by atoms with E-state index in [1.807, 2.05) is 0 Å². The van der Waals surface area contributed by atoms with Gasteiger partial charge in [-0.1, -0.05) is 0 Å². The zero-order chi connectivity index (χ0) is 15.1. The highest BCUT2D eigenvalue weighted by Gasteiger charge is 2.13. The number of carbonyl (C=O) groups excluding carboxylic acids is 2. The Kier molecular flexibility index (Phi) is 5.67. The summed E-state index contributed by atoms with van der Waals surface area (Å²) in [6.07, 6.45) is -1.55. The van der Waals surface area contributed by atoms with Crippen LogP contribution < -0.4 is 10.6 Å². The maximum atomic E-state index is 11.7. The van der Waals surface area contributed by atoms with Crippen LogP contribution in [0, 0.1) is 0 Å². The average Bonchev–Trinajstić information content (AvgIpc) is 2.38. The van der Waals surface area contributed by atoms with E-state index in [4.69, 9.17) is 10.2 Å². The normalized spacial score (nSPS) is 11.5. The first-order valence-corrected chi connectivity index (χ1v) is 5.97. The zero-order valence-electron chi connectivity index (χ0n) is 10.9. The Bertz CT molecular complexity index is 498. The van der Waals surface area contributed by atoms with Crippen LogP contribution in [0.15, 0.2) is 24.3 Å². The Morgan fingerprint density at radius 1 is 1.20 bits per heavy atom. The van der Waals surface area contributed by atoms with Gasteiger partial charge in [0, 0.05) is 31.1 Å². The van der Waals surface area contributed by atoms with Gasteiger partial charge in [0.15, 0.2) is 6.10 Å². The fraction of sp³-hybridized carbons (Fsp3) is 0.308. The first kappa shape index (κ1) is 15.6. The van der Waals surface area contributed by atoms with Crippen LogP contribution in [-0.2, 0) is 9.59 Å². The lowest BCUT2D eigenvalue weighted by molar-refractivity contribution is -0.146. The van der Waals surface area contributed by atoms with Gasteiger partial charge in [0.05, 0.1) is 0 Å². The molecule has 0 spiro atoms. The molecule has 1 aromatic rings. The Morgan fingerprint density at radius 2 is 1.80 bits per heavy atom. The monoisotopic (exact) mass is 280 g/mol. The maximum absolute atomic E-state index is 11.7. The minimum Gasteiger partial charge on any atom is -0.479 e. The lowest BCUT2D eigenvalue weighted by atomic mass is 10.2. The SMILES string of the molecule is CC(=O)Nc1ccc(C(=O)NCC[C@H](O)C(=O)O)cc1. The second-order valence-electron chi connectivity index (χ2n) is 4.16. The van der Waals surface area contributed by atoms with E-state index in [0.29, 0.717) is 11.3 Å². The molecule has 7 nitrogen and oxygen atoms in total. The number of aliphatic hydroxyl groups excluding tert-OH is 1. The van der Waals surface area contributed by atoms with Crippen molar-refractivity contribution >= 4 is 23.5 Å². The van der Waals surface area contributed by atoms with Crippen LogP contribution in [0.4, 0.5) is 5.69 Å². The molecule has 0 aliphatic carbocycles. The van der Waals surface area contributed by atoms with Crippen LogP contribution in [0.25, 0.3) is 0 Å². The molecular formula is C13H16N2O5. The molecule has 0 fully saturated rings. The van der Waals surface area contributed by atoms with E-state index >= 15 is 0 Å². The van der Waals surface area contributed by atoms with Crippen molar-refractivity contribution in [1.82, 2.24) is 5.32 Å². The van der Waals surface area contributed by atoms with E-state index in [2.05, 4.69) is 10.6 Å². The molecule has 0 radical (unpaired) electrons. The third-order valence-electron chi connectivity index (χ3n) is 2.46. The summed E-state index contributed by atoms with van der Waals surface area (Å²) in [5.41, 5.74) is 0.958. The molecule has 1 atom stereocenters. The second kappa shape index (κ2) is 7.25. The number of aliphatic hydroxyl groups is 1. The van der Waals surface area contributed by atoms with Gasteiger partial charge >= 0.3 is 5.97 Å². The van der Waals surface area contributed by atoms with Crippen LogP contribution >= 0.6 is 0 Å². The number of aliphatic carboxylic acids is 1. The van der Waals surface area contributed by atoms with Crippen molar-refractivity contribution in [2.75, 3.05) is 11.9 Å². The highest BCUT2D eigenvalue weighted by molar-refractivity contribution is 5.95. The van der Waals surface area contributed by atoms with Crippen LogP contribution in [0.2, 0.25) is 0 Å². The molecule has 0 bridgehead atoms. The van der Waals surface area contributed by atoms with Crippen molar-refractivity contribution in [3.63, 3.8) is 0 Å². The average molecular weight is 280 g/mol. The summed E-state index contributed by atoms with van der Waals surface area (Å²) in [5.74, 6) is -1.90. The van der Waals surface area contributed by atoms with E-state index in [1.165, 1.54) is 19.1 Å². The number of carboxylic acid groups (broad SMARTS) is 1. The van der Waals surface area contributed by atoms with Crippen molar-refractivity contribution in [3.05, 3.63) is 29.8 Å². The Hall–Kier alpha value is -2.41. The number of carboxylic acids is 1. The van der Waals surface area contributed by atoms with Crippen LogP contribution in [0.1, 0.15) is 23.7 Å². The van der Waals surface area contributed by atoms with Crippen LogP contribution in [0.3, 0.4) is 0 Å². The Balaban J connectivity index is 2.47.